The van der Waals surface area contributed by atoms with Gasteiger partial charge in [0.15, 0.2) is 23.5 Å². The third-order valence-corrected chi connectivity index (χ3v) is 6.13. The summed E-state index contributed by atoms with van der Waals surface area (Å²) < 4.78 is 21.2. The number of nitrogens with two attached hydrogens (primary N) is 1. The van der Waals surface area contributed by atoms with Gasteiger partial charge in [0.2, 0.25) is 0 Å². The Bertz CT molecular complexity index is 901. The minimum Gasteiger partial charge on any atom is -0.382 e. The summed E-state index contributed by atoms with van der Waals surface area (Å²) in [5, 5.41) is 0. The molecule has 5 atom stereocenters. The summed E-state index contributed by atoms with van der Waals surface area (Å²) in [6.45, 7) is 8.19. The molecule has 2 aromatic rings. The van der Waals surface area contributed by atoms with Crippen molar-refractivity contribution >= 4 is 17.0 Å². The molecular weight excluding hydrogens is 360 g/mol. The molecule has 9 nitrogen and oxygen atoms in total. The van der Waals surface area contributed by atoms with E-state index in [9.17, 15) is 0 Å². The van der Waals surface area contributed by atoms with Crippen molar-refractivity contribution in [1.29, 1.82) is 0 Å². The lowest BCUT2D eigenvalue weighted by Crippen LogP contribution is -2.35. The minimum absolute atomic E-state index is 0.107. The van der Waals surface area contributed by atoms with Crippen molar-refractivity contribution in [1.82, 2.24) is 24.4 Å². The van der Waals surface area contributed by atoms with Crippen LogP contribution in [0.25, 0.3) is 11.2 Å². The molecule has 0 aromatic carbocycles. The molecule has 2 aliphatic heterocycles. The van der Waals surface area contributed by atoms with E-state index in [1.54, 1.807) is 6.33 Å². The van der Waals surface area contributed by atoms with Gasteiger partial charge in [0.25, 0.3) is 0 Å². The molecule has 2 saturated heterocycles. The fraction of sp³-hybridized carbons (Fsp3) is 0.737. The highest BCUT2D eigenvalue weighted by atomic mass is 16.8. The fourth-order valence-corrected chi connectivity index (χ4v) is 4.89. The van der Waals surface area contributed by atoms with Gasteiger partial charge in [-0.25, -0.2) is 15.0 Å². The highest BCUT2D eigenvalue weighted by molar-refractivity contribution is 5.81. The number of hydrogen-bond donors (Lipinski definition) is 1. The first-order valence-electron chi connectivity index (χ1n) is 9.99. The van der Waals surface area contributed by atoms with Gasteiger partial charge in [0.05, 0.1) is 6.33 Å². The number of anilines is 1. The van der Waals surface area contributed by atoms with E-state index >= 15 is 0 Å². The number of imidazole rings is 1. The molecule has 1 saturated carbocycles. The summed E-state index contributed by atoms with van der Waals surface area (Å²) in [6, 6.07) is 0. The predicted octanol–water partition coefficient (Wildman–Crippen LogP) is 1.56. The van der Waals surface area contributed by atoms with Crippen LogP contribution < -0.4 is 5.73 Å². The number of nitrogen functional groups attached to an aromatic ring is 1. The number of hydrogen-bond acceptors (Lipinski definition) is 8. The van der Waals surface area contributed by atoms with Gasteiger partial charge in [-0.05, 0) is 40.3 Å². The molecule has 0 radical (unpaired) electrons. The van der Waals surface area contributed by atoms with E-state index in [4.69, 9.17) is 19.9 Å². The third kappa shape index (κ3) is 2.64. The van der Waals surface area contributed by atoms with Crippen LogP contribution in [0.15, 0.2) is 12.7 Å². The van der Waals surface area contributed by atoms with Crippen LogP contribution in [0.4, 0.5) is 5.82 Å². The summed E-state index contributed by atoms with van der Waals surface area (Å²) in [7, 11) is 2.17. The maximum atomic E-state index is 6.65. The predicted molar refractivity (Wildman–Crippen MR) is 102 cm³/mol. The summed E-state index contributed by atoms with van der Waals surface area (Å²) in [5.41, 5.74) is 6.88. The normalized spacial score (nSPS) is 35.9. The number of aromatic nitrogens is 4. The summed E-state index contributed by atoms with van der Waals surface area (Å²) >= 11 is 0. The van der Waals surface area contributed by atoms with E-state index in [1.165, 1.54) is 6.33 Å². The maximum Gasteiger partial charge on any atom is 0.167 e. The largest absolute Gasteiger partial charge is 0.382 e. The first-order valence-corrected chi connectivity index (χ1v) is 9.99. The van der Waals surface area contributed by atoms with Crippen molar-refractivity contribution in [2.45, 2.75) is 63.4 Å². The van der Waals surface area contributed by atoms with Gasteiger partial charge in [-0.15, -0.1) is 0 Å². The van der Waals surface area contributed by atoms with E-state index < -0.39 is 5.79 Å². The second-order valence-electron chi connectivity index (χ2n) is 8.73. The summed E-state index contributed by atoms with van der Waals surface area (Å²) in [5.74, 6) is 0.146. The van der Waals surface area contributed by atoms with Crippen LogP contribution >= 0.6 is 0 Å². The van der Waals surface area contributed by atoms with Gasteiger partial charge in [0, 0.05) is 12.5 Å². The topological polar surface area (TPSA) is 101 Å². The Morgan fingerprint density at radius 3 is 2.86 bits per heavy atom. The number of ether oxygens (including phenoxy) is 3. The van der Waals surface area contributed by atoms with Crippen molar-refractivity contribution in [2.75, 3.05) is 25.9 Å². The average molecular weight is 388 g/mol. The number of fused-ring (bicyclic) bond motifs is 3. The Morgan fingerprint density at radius 1 is 1.25 bits per heavy atom. The van der Waals surface area contributed by atoms with Crippen molar-refractivity contribution in [3.63, 3.8) is 0 Å². The summed E-state index contributed by atoms with van der Waals surface area (Å²) in [6.07, 6.45) is 4.60. The zero-order valence-corrected chi connectivity index (χ0v) is 16.8. The Morgan fingerprint density at radius 2 is 2.07 bits per heavy atom. The molecule has 1 aliphatic carbocycles. The molecule has 3 aliphatic rings. The molecule has 0 bridgehead atoms. The Labute approximate surface area is 164 Å². The van der Waals surface area contributed by atoms with Crippen LogP contribution in [-0.2, 0) is 14.2 Å². The van der Waals surface area contributed by atoms with Crippen LogP contribution in [0.2, 0.25) is 0 Å². The van der Waals surface area contributed by atoms with Gasteiger partial charge in [0.1, 0.15) is 29.7 Å². The molecular formula is C19H28N6O3. The Kier molecular flexibility index (Phi) is 3.97. The smallest absolute Gasteiger partial charge is 0.167 e. The molecule has 2 unspecified atom stereocenters. The van der Waals surface area contributed by atoms with Crippen LogP contribution in [0.1, 0.15) is 39.8 Å². The lowest BCUT2D eigenvalue weighted by Gasteiger charge is -2.26. The number of nitrogens with zero attached hydrogens (tertiary/aromatic N) is 5. The Hall–Kier alpha value is -1.81. The second-order valence-corrected chi connectivity index (χ2v) is 8.73. The van der Waals surface area contributed by atoms with Crippen molar-refractivity contribution in [2.24, 2.45) is 5.92 Å². The van der Waals surface area contributed by atoms with Gasteiger partial charge in [-0.1, -0.05) is 6.92 Å². The van der Waals surface area contributed by atoms with Crippen molar-refractivity contribution < 1.29 is 14.2 Å². The highest BCUT2D eigenvalue weighted by Crippen LogP contribution is 2.62. The zero-order chi connectivity index (χ0) is 19.7. The van der Waals surface area contributed by atoms with Gasteiger partial charge in [-0.2, -0.15) is 0 Å². The first kappa shape index (κ1) is 18.2. The molecule has 2 N–H and O–H groups in total. The van der Waals surface area contributed by atoms with Crippen molar-refractivity contribution in [3.8, 4) is 0 Å². The monoisotopic (exact) mass is 388 g/mol. The van der Waals surface area contributed by atoms with Crippen LogP contribution in [0.3, 0.4) is 0 Å². The average Bonchev–Trinajstić information content (AvgIpc) is 2.92. The van der Waals surface area contributed by atoms with E-state index in [0.29, 0.717) is 22.9 Å². The summed E-state index contributed by atoms with van der Waals surface area (Å²) in [4.78, 5) is 15.2. The first-order chi connectivity index (χ1) is 13.3. The van der Waals surface area contributed by atoms with E-state index in [1.807, 2.05) is 18.4 Å². The van der Waals surface area contributed by atoms with Crippen LogP contribution in [-0.4, -0.2) is 68.2 Å². The molecule has 28 heavy (non-hydrogen) atoms. The maximum absolute atomic E-state index is 6.65. The third-order valence-electron chi connectivity index (χ3n) is 6.13. The lowest BCUT2D eigenvalue weighted by molar-refractivity contribution is -0.203. The molecule has 4 heterocycles. The molecule has 2 aromatic heterocycles. The molecule has 1 spiro atoms. The molecule has 9 heteroatoms. The van der Waals surface area contributed by atoms with Crippen LogP contribution in [0.5, 0.6) is 0 Å². The standard InChI is InChI=1S/C19H28N6O3/c1-5-6-24(4)8-11-7-19(11)14-13(26-18(2,3)27-14)17(28-19)25-10-23-12-15(20)21-9-22-16(12)25/h9-11,13-14,17H,5-8H2,1-4H3,(H2,20,21,22)/t11-,13?,14-,17?,19+/m1/s1. The van der Waals surface area contributed by atoms with E-state index in [2.05, 4.69) is 33.8 Å². The van der Waals surface area contributed by atoms with Gasteiger partial charge >= 0.3 is 0 Å². The van der Waals surface area contributed by atoms with E-state index in [-0.39, 0.29) is 24.0 Å². The van der Waals surface area contributed by atoms with Gasteiger partial charge < -0.3 is 24.8 Å². The van der Waals surface area contributed by atoms with Crippen LogP contribution in [0, 0.1) is 5.92 Å². The molecule has 152 valence electrons. The quantitative estimate of drug-likeness (QED) is 0.824. The SMILES string of the molecule is CCCN(C)C[C@H]1C[C@]12OC(n1cnc3c(N)ncnc31)C1OC(C)(C)O[C@H]12. The zero-order valence-electron chi connectivity index (χ0n) is 16.8. The van der Waals surface area contributed by atoms with Gasteiger partial charge in [-0.3, -0.25) is 4.57 Å². The second kappa shape index (κ2) is 6.09. The highest BCUT2D eigenvalue weighted by Gasteiger charge is 2.73. The van der Waals surface area contributed by atoms with Crippen molar-refractivity contribution in [3.05, 3.63) is 12.7 Å². The minimum atomic E-state index is -0.642. The van der Waals surface area contributed by atoms with E-state index in [0.717, 1.165) is 25.9 Å². The lowest BCUT2D eigenvalue weighted by atomic mass is 10.1. The Balaban J connectivity index is 1.48. The molecule has 5 rings (SSSR count). The molecule has 0 amide bonds. The fourth-order valence-electron chi connectivity index (χ4n) is 4.89. The number of rotatable bonds is 5. The molecule has 3 fully saturated rings.